The Hall–Kier alpha value is -3.49. The van der Waals surface area contributed by atoms with Gasteiger partial charge in [-0.2, -0.15) is 0 Å². The van der Waals surface area contributed by atoms with Gasteiger partial charge in [0.1, 0.15) is 11.6 Å². The molecule has 2 aromatic heterocycles. The molecule has 4 aromatic rings. The molecular weight excluding hydrogens is 455 g/mol. The van der Waals surface area contributed by atoms with Crippen LogP contribution in [0.25, 0.3) is 10.2 Å². The first-order valence-electron chi connectivity index (χ1n) is 9.53. The van der Waals surface area contributed by atoms with Crippen LogP contribution in [0.5, 0.6) is 0 Å². The van der Waals surface area contributed by atoms with Crippen LogP contribution in [0.3, 0.4) is 0 Å². The van der Waals surface area contributed by atoms with Crippen molar-refractivity contribution in [3.05, 3.63) is 93.9 Å². The largest absolute Gasteiger partial charge is 0.503 e. The number of rotatable bonds is 4. The smallest absolute Gasteiger partial charge is 0.296 e. The molecule has 32 heavy (non-hydrogen) atoms. The number of carbonyl (C=O) groups excluding carboxylic acids is 2. The number of carbonyl (C=O) groups is 2. The third kappa shape index (κ3) is 3.28. The number of aryl methyl sites for hydroxylation is 1. The summed E-state index contributed by atoms with van der Waals surface area (Å²) in [5.74, 6) is -2.09. The third-order valence-corrected chi connectivity index (χ3v) is 6.40. The first kappa shape index (κ1) is 20.4. The molecule has 0 aliphatic carbocycles. The fraction of sp³-hybridized carbons (Fsp3) is 0.0870. The van der Waals surface area contributed by atoms with Gasteiger partial charge in [0.25, 0.3) is 5.91 Å². The van der Waals surface area contributed by atoms with E-state index in [1.54, 1.807) is 31.2 Å². The van der Waals surface area contributed by atoms with Crippen molar-refractivity contribution in [2.45, 2.75) is 13.0 Å². The number of nitrogens with zero attached hydrogens (tertiary/aromatic N) is 2. The monoisotopic (exact) mass is 468 g/mol. The van der Waals surface area contributed by atoms with Crippen LogP contribution < -0.4 is 4.90 Å². The Morgan fingerprint density at radius 3 is 2.62 bits per heavy atom. The Morgan fingerprint density at radius 2 is 1.94 bits per heavy atom. The lowest BCUT2D eigenvalue weighted by Crippen LogP contribution is -2.30. The number of benzene rings is 2. The van der Waals surface area contributed by atoms with Crippen LogP contribution in [0.2, 0.25) is 5.02 Å². The number of thiazole rings is 1. The van der Waals surface area contributed by atoms with Crippen molar-refractivity contribution < 1.29 is 23.5 Å². The molecule has 2 aromatic carbocycles. The van der Waals surface area contributed by atoms with Gasteiger partial charge < -0.3 is 9.52 Å². The predicted molar refractivity (Wildman–Crippen MR) is 119 cm³/mol. The molecule has 1 aliphatic rings. The number of aliphatic hydroxyl groups excluding tert-OH is 1. The summed E-state index contributed by atoms with van der Waals surface area (Å²) < 4.78 is 19.8. The summed E-state index contributed by atoms with van der Waals surface area (Å²) in [4.78, 5) is 32.2. The minimum atomic E-state index is -1.02. The summed E-state index contributed by atoms with van der Waals surface area (Å²) >= 11 is 7.27. The minimum Gasteiger partial charge on any atom is -0.503 e. The first-order valence-corrected chi connectivity index (χ1v) is 10.7. The van der Waals surface area contributed by atoms with E-state index in [9.17, 15) is 19.1 Å². The Bertz CT molecular complexity index is 1420. The minimum absolute atomic E-state index is 0.0121. The highest BCUT2D eigenvalue weighted by atomic mass is 35.5. The first-order chi connectivity index (χ1) is 15.3. The van der Waals surface area contributed by atoms with Crippen molar-refractivity contribution >= 4 is 50.0 Å². The van der Waals surface area contributed by atoms with Crippen molar-refractivity contribution in [2.75, 3.05) is 4.90 Å². The lowest BCUT2D eigenvalue weighted by molar-refractivity contribution is -0.117. The second-order valence-corrected chi connectivity index (χ2v) is 8.68. The summed E-state index contributed by atoms with van der Waals surface area (Å²) in [5.41, 5.74) is 0.891. The molecule has 1 amide bonds. The zero-order valence-electron chi connectivity index (χ0n) is 16.5. The maximum Gasteiger partial charge on any atom is 0.296 e. The van der Waals surface area contributed by atoms with Crippen molar-refractivity contribution in [3.63, 3.8) is 0 Å². The van der Waals surface area contributed by atoms with E-state index in [4.69, 9.17) is 16.0 Å². The Kier molecular flexibility index (Phi) is 4.83. The molecule has 160 valence electrons. The van der Waals surface area contributed by atoms with E-state index < -0.39 is 29.3 Å². The Labute approximate surface area is 190 Å². The molecule has 6 nitrogen and oxygen atoms in total. The van der Waals surface area contributed by atoms with E-state index in [2.05, 4.69) is 4.98 Å². The topological polar surface area (TPSA) is 83.6 Å². The summed E-state index contributed by atoms with van der Waals surface area (Å²) in [5, 5.41) is 11.5. The summed E-state index contributed by atoms with van der Waals surface area (Å²) in [6.07, 6.45) is 0. The van der Waals surface area contributed by atoms with Gasteiger partial charge in [-0.05, 0) is 55.0 Å². The van der Waals surface area contributed by atoms with Crippen LogP contribution in [0.1, 0.15) is 27.9 Å². The van der Waals surface area contributed by atoms with Gasteiger partial charge in [0.15, 0.2) is 16.7 Å². The van der Waals surface area contributed by atoms with E-state index in [-0.39, 0.29) is 16.5 Å². The van der Waals surface area contributed by atoms with E-state index >= 15 is 0 Å². The van der Waals surface area contributed by atoms with Crippen LogP contribution in [-0.2, 0) is 4.79 Å². The zero-order valence-corrected chi connectivity index (χ0v) is 18.1. The predicted octanol–water partition coefficient (Wildman–Crippen LogP) is 5.77. The highest BCUT2D eigenvalue weighted by molar-refractivity contribution is 7.22. The van der Waals surface area contributed by atoms with Crippen molar-refractivity contribution in [1.82, 2.24) is 4.98 Å². The Morgan fingerprint density at radius 1 is 1.19 bits per heavy atom. The maximum atomic E-state index is 13.6. The number of furan rings is 1. The quantitative estimate of drug-likeness (QED) is 0.384. The van der Waals surface area contributed by atoms with Gasteiger partial charge in [-0.15, -0.1) is 0 Å². The summed E-state index contributed by atoms with van der Waals surface area (Å²) in [7, 11) is 0. The van der Waals surface area contributed by atoms with Gasteiger partial charge in [0, 0.05) is 5.02 Å². The lowest BCUT2D eigenvalue weighted by Gasteiger charge is -2.24. The molecule has 0 saturated carbocycles. The van der Waals surface area contributed by atoms with Crippen LogP contribution in [0, 0.1) is 12.7 Å². The number of amides is 1. The number of halogens is 2. The number of Topliss-reactive ketones (excluding diaryl/α,β-unsaturated/α-hetero) is 1. The van der Waals surface area contributed by atoms with E-state index in [0.29, 0.717) is 21.9 Å². The lowest BCUT2D eigenvalue weighted by atomic mass is 9.95. The van der Waals surface area contributed by atoms with Crippen molar-refractivity contribution in [1.29, 1.82) is 0 Å². The molecule has 1 N–H and O–H groups in total. The second kappa shape index (κ2) is 7.58. The highest BCUT2D eigenvalue weighted by Gasteiger charge is 2.46. The normalized spacial score (nSPS) is 16.4. The SMILES string of the molecule is Cc1ccc(C(=O)C2=C(O)C(=O)N(c3nc4ccc(Cl)cc4s3)C2c2ccc(F)cc2)o1. The average molecular weight is 469 g/mol. The fourth-order valence-electron chi connectivity index (χ4n) is 3.67. The molecule has 0 spiro atoms. The van der Waals surface area contributed by atoms with Gasteiger partial charge >= 0.3 is 0 Å². The summed E-state index contributed by atoms with van der Waals surface area (Å²) in [6.45, 7) is 1.68. The molecule has 5 rings (SSSR count). The molecule has 3 heterocycles. The molecule has 0 saturated heterocycles. The summed E-state index contributed by atoms with van der Waals surface area (Å²) in [6, 6.07) is 12.6. The van der Waals surface area contributed by atoms with Crippen LogP contribution in [-0.4, -0.2) is 21.8 Å². The highest BCUT2D eigenvalue weighted by Crippen LogP contribution is 2.44. The molecule has 0 fully saturated rings. The maximum absolute atomic E-state index is 13.6. The fourth-order valence-corrected chi connectivity index (χ4v) is 4.94. The number of fused-ring (bicyclic) bond motifs is 1. The van der Waals surface area contributed by atoms with Crippen molar-refractivity contribution in [2.24, 2.45) is 0 Å². The molecular formula is C23H14ClFN2O4S. The number of aliphatic hydroxyl groups is 1. The second-order valence-electron chi connectivity index (χ2n) is 7.24. The van der Waals surface area contributed by atoms with Gasteiger partial charge in [-0.3, -0.25) is 14.5 Å². The van der Waals surface area contributed by atoms with E-state index in [1.165, 1.54) is 46.6 Å². The zero-order chi connectivity index (χ0) is 22.6. The van der Waals surface area contributed by atoms with Crippen molar-refractivity contribution in [3.8, 4) is 0 Å². The van der Waals surface area contributed by atoms with E-state index in [0.717, 1.165) is 4.70 Å². The number of hydrogen-bond donors (Lipinski definition) is 1. The van der Waals surface area contributed by atoms with E-state index in [1.807, 2.05) is 0 Å². The number of aromatic nitrogens is 1. The number of ketones is 1. The van der Waals surface area contributed by atoms with Gasteiger partial charge in [-0.25, -0.2) is 9.37 Å². The average Bonchev–Trinajstić information content (AvgIpc) is 3.44. The van der Waals surface area contributed by atoms with Gasteiger partial charge in [0.2, 0.25) is 5.78 Å². The van der Waals surface area contributed by atoms with Gasteiger partial charge in [-0.1, -0.05) is 35.1 Å². The number of hydrogen-bond acceptors (Lipinski definition) is 6. The molecule has 9 heteroatoms. The molecule has 1 unspecified atom stereocenters. The van der Waals surface area contributed by atoms with Gasteiger partial charge in [0.05, 0.1) is 21.8 Å². The molecule has 0 bridgehead atoms. The van der Waals surface area contributed by atoms with Crippen LogP contribution in [0.4, 0.5) is 9.52 Å². The molecule has 0 radical (unpaired) electrons. The molecule has 1 aliphatic heterocycles. The standard InChI is InChI=1S/C23H14ClFN2O4S/c1-11-2-9-16(31-11)20(28)18-19(12-3-6-14(25)7-4-12)27(22(30)21(18)29)23-26-15-8-5-13(24)10-17(15)32-23/h2-10,19,29H,1H3. The number of anilines is 1. The third-order valence-electron chi connectivity index (χ3n) is 5.15. The molecule has 1 atom stereocenters. The Balaban J connectivity index is 1.68. The van der Waals surface area contributed by atoms with Crippen LogP contribution in [0.15, 0.2) is 70.3 Å². The van der Waals surface area contributed by atoms with Crippen LogP contribution >= 0.6 is 22.9 Å².